The third-order valence-corrected chi connectivity index (χ3v) is 5.30. The summed E-state index contributed by atoms with van der Waals surface area (Å²) < 4.78 is 0. The van der Waals surface area contributed by atoms with Crippen molar-refractivity contribution in [1.82, 2.24) is 4.90 Å². The van der Waals surface area contributed by atoms with Gasteiger partial charge in [0.15, 0.2) is 5.78 Å². The summed E-state index contributed by atoms with van der Waals surface area (Å²) in [5, 5.41) is 0.662. The first kappa shape index (κ1) is 17.7. The van der Waals surface area contributed by atoms with Crippen LogP contribution in [-0.4, -0.2) is 29.7 Å². The lowest BCUT2D eigenvalue weighted by Gasteiger charge is -2.18. The molecule has 130 valence electrons. The molecule has 2 unspecified atom stereocenters. The van der Waals surface area contributed by atoms with Gasteiger partial charge in [-0.15, -0.1) is 0 Å². The molecule has 1 amide bonds. The summed E-state index contributed by atoms with van der Waals surface area (Å²) in [5.74, 6) is -0.820. The molecule has 0 spiro atoms. The number of Topliss-reactive ketones (excluding diaryl/α,β-unsaturated/α-hetero) is 1. The van der Waals surface area contributed by atoms with E-state index in [1.807, 2.05) is 57.2 Å². The maximum absolute atomic E-state index is 13.1. The van der Waals surface area contributed by atoms with Gasteiger partial charge in [-0.3, -0.25) is 9.59 Å². The van der Waals surface area contributed by atoms with E-state index in [2.05, 4.69) is 0 Å². The molecule has 0 radical (unpaired) electrons. The van der Waals surface area contributed by atoms with Crippen LogP contribution in [0.5, 0.6) is 0 Å². The van der Waals surface area contributed by atoms with Crippen molar-refractivity contribution in [3.63, 3.8) is 0 Å². The fraction of sp³-hybridized carbons (Fsp3) is 0.333. The van der Waals surface area contributed by atoms with Gasteiger partial charge in [-0.25, -0.2) is 0 Å². The molecule has 25 heavy (non-hydrogen) atoms. The number of likely N-dealkylation sites (tertiary alicyclic amines) is 1. The van der Waals surface area contributed by atoms with Crippen molar-refractivity contribution in [2.24, 2.45) is 0 Å². The Kier molecular flexibility index (Phi) is 4.70. The van der Waals surface area contributed by atoms with E-state index < -0.39 is 12.0 Å². The number of benzene rings is 2. The van der Waals surface area contributed by atoms with Crippen LogP contribution in [0.25, 0.3) is 0 Å². The number of likely N-dealkylation sites (N-methyl/N-ethyl adjacent to an activating group) is 1. The van der Waals surface area contributed by atoms with E-state index in [9.17, 15) is 9.59 Å². The summed E-state index contributed by atoms with van der Waals surface area (Å²) in [6.07, 6.45) is 0.513. The molecule has 2 aromatic rings. The molecule has 2 aromatic carbocycles. The highest BCUT2D eigenvalue weighted by Gasteiger charge is 2.46. The van der Waals surface area contributed by atoms with E-state index in [1.165, 1.54) is 0 Å². The molecule has 1 aliphatic heterocycles. The number of ketones is 1. The SMILES string of the molecule is Cc1cc(C)c(C2C(=O)C(Cc3ccc(Cl)cc3)N(C)C2=O)c(C)c1. The molecule has 3 rings (SSSR count). The number of nitrogens with zero attached hydrogens (tertiary/aromatic N) is 1. The van der Waals surface area contributed by atoms with Crippen LogP contribution in [0.2, 0.25) is 5.02 Å². The van der Waals surface area contributed by atoms with Crippen LogP contribution in [0.3, 0.4) is 0 Å². The fourth-order valence-corrected chi connectivity index (χ4v) is 3.98. The van der Waals surface area contributed by atoms with Crippen LogP contribution in [0, 0.1) is 20.8 Å². The van der Waals surface area contributed by atoms with Crippen LogP contribution >= 0.6 is 11.6 Å². The zero-order valence-corrected chi connectivity index (χ0v) is 15.7. The first-order valence-electron chi connectivity index (χ1n) is 8.42. The highest BCUT2D eigenvalue weighted by Crippen LogP contribution is 2.34. The number of amides is 1. The lowest BCUT2D eigenvalue weighted by atomic mass is 9.86. The summed E-state index contributed by atoms with van der Waals surface area (Å²) in [6.45, 7) is 5.97. The monoisotopic (exact) mass is 355 g/mol. The molecule has 1 saturated heterocycles. The molecule has 0 bridgehead atoms. The van der Waals surface area contributed by atoms with Gasteiger partial charge in [0, 0.05) is 12.1 Å². The lowest BCUT2D eigenvalue weighted by Crippen LogP contribution is -2.33. The molecule has 0 saturated carbocycles. The average molecular weight is 356 g/mol. The number of carbonyl (C=O) groups is 2. The molecule has 1 fully saturated rings. The molecule has 3 nitrogen and oxygen atoms in total. The Morgan fingerprint density at radius 3 is 2.12 bits per heavy atom. The van der Waals surface area contributed by atoms with Crippen LogP contribution in [0.15, 0.2) is 36.4 Å². The maximum Gasteiger partial charge on any atom is 0.238 e. The van der Waals surface area contributed by atoms with Gasteiger partial charge in [-0.05, 0) is 61.6 Å². The summed E-state index contributed by atoms with van der Waals surface area (Å²) in [7, 11) is 1.72. The second-order valence-corrected chi connectivity index (χ2v) is 7.38. The van der Waals surface area contributed by atoms with E-state index in [0.29, 0.717) is 11.4 Å². The fourth-order valence-electron chi connectivity index (χ4n) is 3.86. The Morgan fingerprint density at radius 2 is 1.56 bits per heavy atom. The Hall–Kier alpha value is -2.13. The third kappa shape index (κ3) is 3.21. The van der Waals surface area contributed by atoms with E-state index >= 15 is 0 Å². The number of halogens is 1. The number of aryl methyl sites for hydroxylation is 3. The Bertz CT molecular complexity index is 818. The molecular weight excluding hydrogens is 334 g/mol. The van der Waals surface area contributed by atoms with Gasteiger partial charge in [-0.1, -0.05) is 41.4 Å². The molecule has 1 aliphatic rings. The molecule has 0 N–H and O–H groups in total. The molecule has 0 aliphatic carbocycles. The van der Waals surface area contributed by atoms with Crippen molar-refractivity contribution in [2.75, 3.05) is 7.05 Å². The summed E-state index contributed by atoms with van der Waals surface area (Å²) in [5.41, 5.74) is 5.02. The van der Waals surface area contributed by atoms with Crippen molar-refractivity contribution in [3.8, 4) is 0 Å². The van der Waals surface area contributed by atoms with Gasteiger partial charge in [-0.2, -0.15) is 0 Å². The highest BCUT2D eigenvalue weighted by molar-refractivity contribution is 6.30. The van der Waals surface area contributed by atoms with Crippen molar-refractivity contribution in [3.05, 3.63) is 69.2 Å². The maximum atomic E-state index is 13.1. The van der Waals surface area contributed by atoms with Gasteiger partial charge < -0.3 is 4.90 Å². The quantitative estimate of drug-likeness (QED) is 0.780. The zero-order chi connectivity index (χ0) is 18.3. The van der Waals surface area contributed by atoms with E-state index in [0.717, 1.165) is 27.8 Å². The van der Waals surface area contributed by atoms with Gasteiger partial charge in [0.05, 0.1) is 6.04 Å². The first-order valence-corrected chi connectivity index (χ1v) is 8.80. The standard InChI is InChI=1S/C21H22ClNO2/c1-12-9-13(2)18(14(3)10-12)19-20(24)17(23(4)21(19)25)11-15-5-7-16(22)8-6-15/h5-10,17,19H,11H2,1-4H3. The lowest BCUT2D eigenvalue weighted by molar-refractivity contribution is -0.129. The third-order valence-electron chi connectivity index (χ3n) is 5.04. The Morgan fingerprint density at radius 1 is 1.00 bits per heavy atom. The van der Waals surface area contributed by atoms with Crippen molar-refractivity contribution in [2.45, 2.75) is 39.2 Å². The topological polar surface area (TPSA) is 37.4 Å². The van der Waals surface area contributed by atoms with Crippen LogP contribution in [-0.2, 0) is 16.0 Å². The molecular formula is C21H22ClNO2. The number of carbonyl (C=O) groups excluding carboxylic acids is 2. The Balaban J connectivity index is 1.95. The van der Waals surface area contributed by atoms with E-state index in [4.69, 9.17) is 11.6 Å². The summed E-state index contributed by atoms with van der Waals surface area (Å²) >= 11 is 5.93. The van der Waals surface area contributed by atoms with Crippen molar-refractivity contribution < 1.29 is 9.59 Å². The predicted octanol–water partition coefficient (Wildman–Crippen LogP) is 4.00. The highest BCUT2D eigenvalue weighted by atomic mass is 35.5. The minimum Gasteiger partial charge on any atom is -0.334 e. The number of rotatable bonds is 3. The van der Waals surface area contributed by atoms with E-state index in [1.54, 1.807) is 11.9 Å². The number of hydrogen-bond acceptors (Lipinski definition) is 2. The Labute approximate surface area is 153 Å². The second kappa shape index (κ2) is 6.64. The van der Waals surface area contributed by atoms with Gasteiger partial charge in [0.1, 0.15) is 5.92 Å². The second-order valence-electron chi connectivity index (χ2n) is 6.94. The smallest absolute Gasteiger partial charge is 0.238 e. The zero-order valence-electron chi connectivity index (χ0n) is 15.0. The van der Waals surface area contributed by atoms with Crippen molar-refractivity contribution in [1.29, 1.82) is 0 Å². The average Bonchev–Trinajstić information content (AvgIpc) is 2.74. The minimum atomic E-state index is -0.692. The normalized spacial score (nSPS) is 20.4. The van der Waals surface area contributed by atoms with Gasteiger partial charge in [0.25, 0.3) is 0 Å². The predicted molar refractivity (Wildman–Crippen MR) is 100 cm³/mol. The van der Waals surface area contributed by atoms with Crippen molar-refractivity contribution >= 4 is 23.3 Å². The van der Waals surface area contributed by atoms with Crippen LogP contribution < -0.4 is 0 Å². The van der Waals surface area contributed by atoms with Crippen LogP contribution in [0.4, 0.5) is 0 Å². The molecule has 1 heterocycles. The molecule has 4 heteroatoms. The van der Waals surface area contributed by atoms with E-state index in [-0.39, 0.29) is 11.7 Å². The minimum absolute atomic E-state index is 0.0162. The first-order chi connectivity index (χ1) is 11.8. The molecule has 0 aromatic heterocycles. The van der Waals surface area contributed by atoms with Gasteiger partial charge >= 0.3 is 0 Å². The summed E-state index contributed by atoms with van der Waals surface area (Å²) in [4.78, 5) is 27.5. The largest absolute Gasteiger partial charge is 0.334 e. The molecule has 2 atom stereocenters. The van der Waals surface area contributed by atoms with Crippen LogP contribution in [0.1, 0.15) is 33.7 Å². The summed E-state index contributed by atoms with van der Waals surface area (Å²) in [6, 6.07) is 11.1. The van der Waals surface area contributed by atoms with Gasteiger partial charge in [0.2, 0.25) is 5.91 Å². The number of hydrogen-bond donors (Lipinski definition) is 0.